The minimum absolute atomic E-state index is 0.0307. The molecule has 1 aromatic carbocycles. The number of H-pyrrole nitrogens is 1. The number of aromatic amines is 1. The second-order valence-electron chi connectivity index (χ2n) is 3.93. The number of nitrogens with one attached hydrogen (secondary N) is 1. The lowest BCUT2D eigenvalue weighted by atomic mass is 10.0. The summed E-state index contributed by atoms with van der Waals surface area (Å²) in [5.41, 5.74) is 7.93. The molecule has 0 radical (unpaired) electrons. The van der Waals surface area contributed by atoms with Crippen molar-refractivity contribution in [3.05, 3.63) is 41.8 Å². The molecule has 16 heavy (non-hydrogen) atoms. The Balaban J connectivity index is 2.41. The minimum Gasteiger partial charge on any atom is -0.328 e. The van der Waals surface area contributed by atoms with E-state index < -0.39 is 0 Å². The fourth-order valence-electron chi connectivity index (χ4n) is 1.71. The van der Waals surface area contributed by atoms with Crippen LogP contribution in [0.4, 0.5) is 4.39 Å². The molecule has 0 aliphatic rings. The first-order valence-corrected chi connectivity index (χ1v) is 5.21. The van der Waals surface area contributed by atoms with E-state index >= 15 is 0 Å². The number of nitrogens with two attached hydrogens (primary N) is 1. The van der Waals surface area contributed by atoms with Gasteiger partial charge in [-0.15, -0.1) is 0 Å². The predicted molar refractivity (Wildman–Crippen MR) is 61.3 cm³/mol. The fraction of sp³-hybridized carbons (Fsp3) is 0.250. The van der Waals surface area contributed by atoms with Gasteiger partial charge in [0.2, 0.25) is 0 Å². The van der Waals surface area contributed by atoms with Crippen LogP contribution >= 0.6 is 0 Å². The molecule has 0 spiro atoms. The number of halogens is 1. The van der Waals surface area contributed by atoms with Gasteiger partial charge in [0.25, 0.3) is 0 Å². The summed E-state index contributed by atoms with van der Waals surface area (Å²) in [7, 11) is 0. The van der Waals surface area contributed by atoms with E-state index in [-0.39, 0.29) is 11.9 Å². The van der Waals surface area contributed by atoms with Crippen LogP contribution in [0.15, 0.2) is 30.5 Å². The van der Waals surface area contributed by atoms with Crippen molar-refractivity contribution in [2.75, 3.05) is 0 Å². The zero-order chi connectivity index (χ0) is 11.5. The second-order valence-corrected chi connectivity index (χ2v) is 3.93. The van der Waals surface area contributed by atoms with E-state index in [1.165, 1.54) is 6.07 Å². The first-order valence-electron chi connectivity index (χ1n) is 5.21. The van der Waals surface area contributed by atoms with Gasteiger partial charge in [-0.1, -0.05) is 12.1 Å². The van der Waals surface area contributed by atoms with E-state index in [1.807, 2.05) is 6.92 Å². The molecular weight excluding hydrogens is 205 g/mol. The standard InChI is InChI=1S/C12H14FN3/c1-8(14)6-9-7-15-16-12(9)10-4-2-3-5-11(10)13/h2-5,7-8H,6,14H2,1H3,(H,15,16). The van der Waals surface area contributed by atoms with Crippen LogP contribution in [0.3, 0.4) is 0 Å². The smallest absolute Gasteiger partial charge is 0.132 e. The Labute approximate surface area is 93.5 Å². The molecule has 3 N–H and O–H groups in total. The Morgan fingerprint density at radius 1 is 1.44 bits per heavy atom. The monoisotopic (exact) mass is 219 g/mol. The highest BCUT2D eigenvalue weighted by atomic mass is 19.1. The van der Waals surface area contributed by atoms with Gasteiger partial charge in [-0.25, -0.2) is 4.39 Å². The van der Waals surface area contributed by atoms with Gasteiger partial charge in [-0.3, -0.25) is 5.10 Å². The first-order chi connectivity index (χ1) is 7.68. The van der Waals surface area contributed by atoms with Gasteiger partial charge in [0, 0.05) is 11.6 Å². The molecule has 1 aromatic heterocycles. The summed E-state index contributed by atoms with van der Waals surface area (Å²) in [4.78, 5) is 0. The molecule has 0 aliphatic heterocycles. The summed E-state index contributed by atoms with van der Waals surface area (Å²) >= 11 is 0. The number of hydrogen-bond acceptors (Lipinski definition) is 2. The Morgan fingerprint density at radius 2 is 2.19 bits per heavy atom. The summed E-state index contributed by atoms with van der Waals surface area (Å²) in [5, 5.41) is 6.77. The molecule has 0 saturated carbocycles. The fourth-order valence-corrected chi connectivity index (χ4v) is 1.71. The topological polar surface area (TPSA) is 54.7 Å². The van der Waals surface area contributed by atoms with Crippen LogP contribution in [0.5, 0.6) is 0 Å². The Morgan fingerprint density at radius 3 is 2.88 bits per heavy atom. The Bertz CT molecular complexity index is 477. The quantitative estimate of drug-likeness (QED) is 0.830. The van der Waals surface area contributed by atoms with Gasteiger partial charge in [-0.05, 0) is 31.0 Å². The predicted octanol–water partition coefficient (Wildman–Crippen LogP) is 2.11. The van der Waals surface area contributed by atoms with Gasteiger partial charge < -0.3 is 5.73 Å². The van der Waals surface area contributed by atoms with Crippen molar-refractivity contribution in [1.82, 2.24) is 10.2 Å². The molecule has 0 bridgehead atoms. The zero-order valence-electron chi connectivity index (χ0n) is 9.07. The van der Waals surface area contributed by atoms with Crippen LogP contribution in [-0.2, 0) is 6.42 Å². The molecule has 2 aromatic rings. The Kier molecular flexibility index (Phi) is 3.01. The minimum atomic E-state index is -0.252. The largest absolute Gasteiger partial charge is 0.328 e. The molecule has 1 heterocycles. The van der Waals surface area contributed by atoms with Crippen molar-refractivity contribution in [3.8, 4) is 11.3 Å². The summed E-state index contributed by atoms with van der Waals surface area (Å²) in [6.07, 6.45) is 2.38. The highest BCUT2D eigenvalue weighted by Gasteiger charge is 2.12. The lowest BCUT2D eigenvalue weighted by molar-refractivity contribution is 0.630. The van der Waals surface area contributed by atoms with Crippen LogP contribution in [0.2, 0.25) is 0 Å². The highest BCUT2D eigenvalue weighted by molar-refractivity contribution is 5.63. The first kappa shape index (κ1) is 10.8. The number of nitrogens with zero attached hydrogens (tertiary/aromatic N) is 1. The zero-order valence-corrected chi connectivity index (χ0v) is 9.07. The van der Waals surface area contributed by atoms with Gasteiger partial charge in [0.05, 0.1) is 11.9 Å². The van der Waals surface area contributed by atoms with Gasteiger partial charge in [0.1, 0.15) is 5.82 Å². The molecule has 1 unspecified atom stereocenters. The van der Waals surface area contributed by atoms with E-state index in [0.717, 1.165) is 11.3 Å². The average molecular weight is 219 g/mol. The van der Waals surface area contributed by atoms with Crippen molar-refractivity contribution in [3.63, 3.8) is 0 Å². The average Bonchev–Trinajstić information content (AvgIpc) is 2.66. The van der Waals surface area contributed by atoms with Gasteiger partial charge in [0.15, 0.2) is 0 Å². The van der Waals surface area contributed by atoms with Gasteiger partial charge in [-0.2, -0.15) is 5.10 Å². The third-order valence-corrected chi connectivity index (χ3v) is 2.40. The molecule has 2 rings (SSSR count). The van der Waals surface area contributed by atoms with Crippen molar-refractivity contribution in [1.29, 1.82) is 0 Å². The lowest BCUT2D eigenvalue weighted by Gasteiger charge is -2.06. The molecule has 84 valence electrons. The Hall–Kier alpha value is -1.68. The molecule has 0 amide bonds. The molecule has 0 fully saturated rings. The number of hydrogen-bond donors (Lipinski definition) is 2. The van der Waals surface area contributed by atoms with Crippen molar-refractivity contribution in [2.45, 2.75) is 19.4 Å². The van der Waals surface area contributed by atoms with E-state index in [0.29, 0.717) is 12.0 Å². The van der Waals surface area contributed by atoms with Crippen LogP contribution in [0.25, 0.3) is 11.3 Å². The van der Waals surface area contributed by atoms with E-state index in [1.54, 1.807) is 24.4 Å². The maximum Gasteiger partial charge on any atom is 0.132 e. The number of rotatable bonds is 3. The lowest BCUT2D eigenvalue weighted by Crippen LogP contribution is -2.17. The number of aromatic nitrogens is 2. The van der Waals surface area contributed by atoms with Crippen LogP contribution < -0.4 is 5.73 Å². The molecule has 0 saturated heterocycles. The van der Waals surface area contributed by atoms with E-state index in [2.05, 4.69) is 10.2 Å². The van der Waals surface area contributed by atoms with E-state index in [4.69, 9.17) is 5.73 Å². The third-order valence-electron chi connectivity index (χ3n) is 2.40. The highest BCUT2D eigenvalue weighted by Crippen LogP contribution is 2.24. The van der Waals surface area contributed by atoms with Crippen LogP contribution in [0.1, 0.15) is 12.5 Å². The van der Waals surface area contributed by atoms with Crippen LogP contribution in [0, 0.1) is 5.82 Å². The molecule has 1 atom stereocenters. The third kappa shape index (κ3) is 2.12. The summed E-state index contributed by atoms with van der Waals surface area (Å²) < 4.78 is 13.6. The van der Waals surface area contributed by atoms with Crippen molar-refractivity contribution >= 4 is 0 Å². The van der Waals surface area contributed by atoms with Crippen LogP contribution in [-0.4, -0.2) is 16.2 Å². The maximum atomic E-state index is 13.6. The SMILES string of the molecule is CC(N)Cc1cn[nH]c1-c1ccccc1F. The van der Waals surface area contributed by atoms with E-state index in [9.17, 15) is 4.39 Å². The summed E-state index contributed by atoms with van der Waals surface area (Å²) in [5.74, 6) is -0.252. The van der Waals surface area contributed by atoms with Crippen molar-refractivity contribution in [2.24, 2.45) is 5.73 Å². The second kappa shape index (κ2) is 4.45. The summed E-state index contributed by atoms with van der Waals surface area (Å²) in [6.45, 7) is 1.91. The molecule has 4 heteroatoms. The summed E-state index contributed by atoms with van der Waals surface area (Å²) in [6, 6.07) is 6.66. The maximum absolute atomic E-state index is 13.6. The molecule has 3 nitrogen and oxygen atoms in total. The molecule has 0 aliphatic carbocycles. The normalized spacial score (nSPS) is 12.7. The van der Waals surface area contributed by atoms with Crippen molar-refractivity contribution < 1.29 is 4.39 Å². The molecular formula is C12H14FN3. The number of benzene rings is 1. The van der Waals surface area contributed by atoms with Gasteiger partial charge >= 0.3 is 0 Å².